The van der Waals surface area contributed by atoms with Gasteiger partial charge in [0, 0.05) is 16.8 Å². The van der Waals surface area contributed by atoms with Gasteiger partial charge in [-0.05, 0) is 38.7 Å². The normalized spacial score (nSPS) is 14.4. The van der Waals surface area contributed by atoms with E-state index < -0.39 is 6.04 Å². The van der Waals surface area contributed by atoms with Crippen LogP contribution in [0.3, 0.4) is 0 Å². The first kappa shape index (κ1) is 17.2. The molecule has 128 valence electrons. The third kappa shape index (κ3) is 3.54. The topological polar surface area (TPSA) is 84.0 Å². The summed E-state index contributed by atoms with van der Waals surface area (Å²) in [5.41, 5.74) is 1.36. The molecule has 1 atom stereocenters. The molecule has 8 heteroatoms. The second-order valence-corrected chi connectivity index (χ2v) is 7.74. The Kier molecular flexibility index (Phi) is 5.35. The van der Waals surface area contributed by atoms with Gasteiger partial charge in [-0.25, -0.2) is 9.97 Å². The molecule has 1 aliphatic carbocycles. The van der Waals surface area contributed by atoms with Crippen LogP contribution < -0.4 is 10.6 Å². The zero-order valence-corrected chi connectivity index (χ0v) is 15.4. The number of carbonyl (C=O) groups excluding carboxylic acids is 2. The van der Waals surface area contributed by atoms with E-state index in [4.69, 9.17) is 0 Å². The Labute approximate surface area is 148 Å². The largest absolute Gasteiger partial charge is 0.355 e. The second kappa shape index (κ2) is 7.48. The van der Waals surface area contributed by atoms with Crippen LogP contribution in [0.15, 0.2) is 11.4 Å². The molecule has 0 radical (unpaired) electrons. The van der Waals surface area contributed by atoms with Crippen molar-refractivity contribution in [2.45, 2.75) is 44.2 Å². The number of hydrogen-bond acceptors (Lipinski definition) is 6. The Morgan fingerprint density at radius 2 is 2.21 bits per heavy atom. The number of hydrogen-bond donors (Lipinski definition) is 2. The van der Waals surface area contributed by atoms with Crippen LogP contribution in [0.2, 0.25) is 0 Å². The van der Waals surface area contributed by atoms with E-state index in [1.165, 1.54) is 28.6 Å². The van der Waals surface area contributed by atoms with Crippen LogP contribution in [-0.4, -0.2) is 40.1 Å². The highest BCUT2D eigenvalue weighted by molar-refractivity contribution is 8.00. The number of nitrogens with zero attached hydrogens (tertiary/aromatic N) is 2. The van der Waals surface area contributed by atoms with Crippen molar-refractivity contribution in [3.8, 4) is 0 Å². The van der Waals surface area contributed by atoms with Gasteiger partial charge in [0.15, 0.2) is 0 Å². The molecule has 0 unspecified atom stereocenters. The average Bonchev–Trinajstić information content (AvgIpc) is 3.13. The molecule has 0 fully saturated rings. The molecule has 3 rings (SSSR count). The maximum Gasteiger partial charge on any atom is 0.242 e. The first-order valence-corrected chi connectivity index (χ1v) is 9.85. The van der Waals surface area contributed by atoms with Crippen LogP contribution >= 0.6 is 23.1 Å². The maximum atomic E-state index is 12.1. The number of carbonyl (C=O) groups is 2. The second-order valence-electron chi connectivity index (χ2n) is 5.69. The quantitative estimate of drug-likeness (QED) is 0.604. The van der Waals surface area contributed by atoms with Gasteiger partial charge in [-0.2, -0.15) is 0 Å². The summed E-state index contributed by atoms with van der Waals surface area (Å²) in [6.45, 7) is 4.08. The van der Waals surface area contributed by atoms with E-state index in [0.29, 0.717) is 6.54 Å². The Morgan fingerprint density at radius 1 is 1.38 bits per heavy atom. The van der Waals surface area contributed by atoms with Crippen LogP contribution in [-0.2, 0) is 22.4 Å². The fourth-order valence-electron chi connectivity index (χ4n) is 2.82. The molecule has 0 spiro atoms. The monoisotopic (exact) mass is 364 g/mol. The van der Waals surface area contributed by atoms with Crippen molar-refractivity contribution in [2.75, 3.05) is 12.3 Å². The lowest BCUT2D eigenvalue weighted by molar-refractivity contribution is -0.127. The van der Waals surface area contributed by atoms with Crippen molar-refractivity contribution in [2.24, 2.45) is 0 Å². The smallest absolute Gasteiger partial charge is 0.242 e. The first-order valence-electron chi connectivity index (χ1n) is 8.05. The number of rotatable bonds is 6. The standard InChI is InChI=1S/C16H20N4O2S2/c1-3-17-14(22)9(2)20-12(21)7-23-15-13-10-5-4-6-11(10)24-16(13)19-8-18-15/h8-9H,3-7H2,1-2H3,(H,17,22)(H,20,21)/t9-/m1/s1. The number of likely N-dealkylation sites (N-methyl/N-ethyl adjacent to an activating group) is 1. The molecular formula is C16H20N4O2S2. The molecule has 0 saturated heterocycles. The molecule has 0 aromatic carbocycles. The fourth-order valence-corrected chi connectivity index (χ4v) is 4.95. The lowest BCUT2D eigenvalue weighted by atomic mass is 10.2. The molecule has 0 bridgehead atoms. The van der Waals surface area contributed by atoms with Crippen molar-refractivity contribution < 1.29 is 9.59 Å². The van der Waals surface area contributed by atoms with E-state index in [2.05, 4.69) is 20.6 Å². The van der Waals surface area contributed by atoms with Gasteiger partial charge >= 0.3 is 0 Å². The number of aryl methyl sites for hydroxylation is 2. The molecule has 0 saturated carbocycles. The minimum Gasteiger partial charge on any atom is -0.355 e. The van der Waals surface area contributed by atoms with Crippen LogP contribution in [0.1, 0.15) is 30.7 Å². The van der Waals surface area contributed by atoms with E-state index in [0.717, 1.165) is 28.1 Å². The highest BCUT2D eigenvalue weighted by Crippen LogP contribution is 2.39. The van der Waals surface area contributed by atoms with Gasteiger partial charge in [0.2, 0.25) is 11.8 Å². The molecular weight excluding hydrogens is 344 g/mol. The number of nitrogens with one attached hydrogen (secondary N) is 2. The van der Waals surface area contributed by atoms with Crippen molar-refractivity contribution in [1.82, 2.24) is 20.6 Å². The van der Waals surface area contributed by atoms with Gasteiger partial charge in [0.25, 0.3) is 0 Å². The number of fused-ring (bicyclic) bond motifs is 3. The Hall–Kier alpha value is -1.67. The summed E-state index contributed by atoms with van der Waals surface area (Å²) < 4.78 is 0. The molecule has 2 aromatic rings. The first-order chi connectivity index (χ1) is 11.6. The van der Waals surface area contributed by atoms with Gasteiger partial charge in [0.1, 0.15) is 22.2 Å². The molecule has 24 heavy (non-hydrogen) atoms. The summed E-state index contributed by atoms with van der Waals surface area (Å²) in [5.74, 6) is -0.103. The predicted octanol–water partition coefficient (Wildman–Crippen LogP) is 1.91. The molecule has 2 heterocycles. The number of aromatic nitrogens is 2. The number of amides is 2. The maximum absolute atomic E-state index is 12.1. The average molecular weight is 364 g/mol. The minimum atomic E-state index is -0.533. The fraction of sp³-hybridized carbons (Fsp3) is 0.500. The van der Waals surface area contributed by atoms with Crippen molar-refractivity contribution >= 4 is 45.1 Å². The zero-order chi connectivity index (χ0) is 17.1. The lowest BCUT2D eigenvalue weighted by Gasteiger charge is -2.13. The van der Waals surface area contributed by atoms with Crippen LogP contribution in [0.25, 0.3) is 10.2 Å². The summed E-state index contributed by atoms with van der Waals surface area (Å²) in [6.07, 6.45) is 4.92. The highest BCUT2D eigenvalue weighted by atomic mass is 32.2. The van der Waals surface area contributed by atoms with E-state index in [9.17, 15) is 9.59 Å². The summed E-state index contributed by atoms with van der Waals surface area (Å²) in [4.78, 5) is 34.9. The van der Waals surface area contributed by atoms with Crippen molar-refractivity contribution in [3.05, 3.63) is 16.8 Å². The Bertz CT molecular complexity index is 775. The predicted molar refractivity (Wildman–Crippen MR) is 96.5 cm³/mol. The molecule has 0 aliphatic heterocycles. The molecule has 2 aromatic heterocycles. The number of thiophene rings is 1. The van der Waals surface area contributed by atoms with Crippen LogP contribution in [0.4, 0.5) is 0 Å². The molecule has 2 N–H and O–H groups in total. The van der Waals surface area contributed by atoms with E-state index >= 15 is 0 Å². The summed E-state index contributed by atoms with van der Waals surface area (Å²) in [6, 6.07) is -0.533. The van der Waals surface area contributed by atoms with Crippen LogP contribution in [0, 0.1) is 0 Å². The summed E-state index contributed by atoms with van der Waals surface area (Å²) in [7, 11) is 0. The Balaban J connectivity index is 1.66. The SMILES string of the molecule is CCNC(=O)[C@@H](C)NC(=O)CSc1ncnc2sc3c(c12)CCC3. The van der Waals surface area contributed by atoms with Gasteiger partial charge < -0.3 is 10.6 Å². The summed E-state index contributed by atoms with van der Waals surface area (Å²) >= 11 is 3.14. The van der Waals surface area contributed by atoms with E-state index in [1.807, 2.05) is 6.92 Å². The van der Waals surface area contributed by atoms with Crippen molar-refractivity contribution in [3.63, 3.8) is 0 Å². The zero-order valence-electron chi connectivity index (χ0n) is 13.7. The molecule has 6 nitrogen and oxygen atoms in total. The highest BCUT2D eigenvalue weighted by Gasteiger charge is 2.22. The van der Waals surface area contributed by atoms with Gasteiger partial charge in [0.05, 0.1) is 5.75 Å². The van der Waals surface area contributed by atoms with Gasteiger partial charge in [-0.15, -0.1) is 11.3 Å². The van der Waals surface area contributed by atoms with Crippen LogP contribution in [0.5, 0.6) is 0 Å². The van der Waals surface area contributed by atoms with E-state index in [-0.39, 0.29) is 17.6 Å². The molecule has 1 aliphatic rings. The van der Waals surface area contributed by atoms with E-state index in [1.54, 1.807) is 24.6 Å². The minimum absolute atomic E-state index is 0.169. The lowest BCUT2D eigenvalue weighted by Crippen LogP contribution is -2.45. The molecule has 2 amide bonds. The van der Waals surface area contributed by atoms with Gasteiger partial charge in [-0.3, -0.25) is 9.59 Å². The van der Waals surface area contributed by atoms with Gasteiger partial charge in [-0.1, -0.05) is 11.8 Å². The number of thioether (sulfide) groups is 1. The Morgan fingerprint density at radius 3 is 3.00 bits per heavy atom. The summed E-state index contributed by atoms with van der Waals surface area (Å²) in [5, 5.41) is 7.39. The van der Waals surface area contributed by atoms with Crippen molar-refractivity contribution in [1.29, 1.82) is 0 Å². The third-order valence-corrected chi connectivity index (χ3v) is 6.12. The third-order valence-electron chi connectivity index (χ3n) is 3.93.